The minimum absolute atomic E-state index is 0.697. The fourth-order valence-corrected chi connectivity index (χ4v) is 9.57. The molecule has 0 bridgehead atoms. The van der Waals surface area contributed by atoms with Gasteiger partial charge in [0, 0.05) is 54.8 Å². The summed E-state index contributed by atoms with van der Waals surface area (Å²) in [6.45, 7) is 0. The molecule has 0 amide bonds. The summed E-state index contributed by atoms with van der Waals surface area (Å²) >= 11 is 0. The van der Waals surface area contributed by atoms with Crippen molar-refractivity contribution in [3.8, 4) is 45.1 Å². The second-order valence-corrected chi connectivity index (χ2v) is 15.7. The monoisotopic (exact) mass is 778 g/mol. The van der Waals surface area contributed by atoms with E-state index in [0.717, 1.165) is 93.9 Å². The molecule has 9 aromatic carbocycles. The van der Waals surface area contributed by atoms with Crippen molar-refractivity contribution in [2.75, 3.05) is 0 Å². The Bertz CT molecular complexity index is 3840. The summed E-state index contributed by atoms with van der Waals surface area (Å²) in [7, 11) is 0. The van der Waals surface area contributed by atoms with E-state index < -0.39 is 0 Å². The maximum absolute atomic E-state index is 6.77. The van der Waals surface area contributed by atoms with Gasteiger partial charge in [-0.25, -0.2) is 9.97 Å². The van der Waals surface area contributed by atoms with Crippen LogP contribution in [0.25, 0.3) is 122 Å². The van der Waals surface area contributed by atoms with Gasteiger partial charge >= 0.3 is 0 Å². The van der Waals surface area contributed by atoms with Crippen molar-refractivity contribution in [3.05, 3.63) is 206 Å². The highest BCUT2D eigenvalue weighted by Crippen LogP contribution is 2.45. The first-order valence-corrected chi connectivity index (χ1v) is 20.7. The molecule has 0 atom stereocenters. The first-order chi connectivity index (χ1) is 30.3. The highest BCUT2D eigenvalue weighted by molar-refractivity contribution is 6.29. The van der Waals surface area contributed by atoms with Crippen LogP contribution in [0.3, 0.4) is 0 Å². The Morgan fingerprint density at radius 1 is 0.344 bits per heavy atom. The van der Waals surface area contributed by atoms with E-state index >= 15 is 0 Å². The number of para-hydroxylation sites is 3. The minimum Gasteiger partial charge on any atom is -0.455 e. The maximum Gasteiger partial charge on any atom is 0.160 e. The predicted molar refractivity (Wildman–Crippen MR) is 252 cm³/mol. The van der Waals surface area contributed by atoms with E-state index in [1.807, 2.05) is 24.3 Å². The molecule has 0 spiro atoms. The lowest BCUT2D eigenvalue weighted by atomic mass is 10.1. The summed E-state index contributed by atoms with van der Waals surface area (Å²) in [5.41, 5.74) is 14.6. The highest BCUT2D eigenvalue weighted by Gasteiger charge is 2.24. The summed E-state index contributed by atoms with van der Waals surface area (Å²) < 4.78 is 11.6. The van der Waals surface area contributed by atoms with Gasteiger partial charge in [0.15, 0.2) is 5.82 Å². The molecule has 0 unspecified atom stereocenters. The zero-order valence-electron chi connectivity index (χ0n) is 32.8. The van der Waals surface area contributed by atoms with Crippen LogP contribution in [0, 0.1) is 0 Å². The topological polar surface area (TPSA) is 48.8 Å². The zero-order valence-corrected chi connectivity index (χ0v) is 32.8. The molecule has 5 heteroatoms. The van der Waals surface area contributed by atoms with E-state index in [9.17, 15) is 0 Å². The van der Waals surface area contributed by atoms with Crippen LogP contribution in [0.2, 0.25) is 0 Å². The summed E-state index contributed by atoms with van der Waals surface area (Å²) in [5, 5.41) is 7.89. The smallest absolute Gasteiger partial charge is 0.160 e. The minimum atomic E-state index is 0.697. The molecule has 0 N–H and O–H groups in total. The summed E-state index contributed by atoms with van der Waals surface area (Å²) in [4.78, 5) is 10.3. The first-order valence-electron chi connectivity index (χ1n) is 20.7. The quantitative estimate of drug-likeness (QED) is 0.175. The second-order valence-electron chi connectivity index (χ2n) is 15.7. The number of hydrogen-bond donors (Lipinski definition) is 0. The summed E-state index contributed by atoms with van der Waals surface area (Å²) in [6, 6.07) is 73.0. The predicted octanol–water partition coefficient (Wildman–Crippen LogP) is 14.7. The van der Waals surface area contributed by atoms with Crippen molar-refractivity contribution in [3.63, 3.8) is 0 Å². The fraction of sp³-hybridized carbons (Fsp3) is 0. The lowest BCUT2D eigenvalue weighted by Gasteiger charge is -2.14. The molecule has 0 aliphatic heterocycles. The molecule has 284 valence electrons. The van der Waals surface area contributed by atoms with Crippen LogP contribution in [0.5, 0.6) is 0 Å². The highest BCUT2D eigenvalue weighted by atomic mass is 16.3. The molecular weight excluding hydrogens is 745 g/mol. The van der Waals surface area contributed by atoms with Crippen LogP contribution in [-0.2, 0) is 0 Å². The van der Waals surface area contributed by atoms with E-state index in [2.05, 4.69) is 191 Å². The Morgan fingerprint density at radius 3 is 1.67 bits per heavy atom. The van der Waals surface area contributed by atoms with Gasteiger partial charge in [0.1, 0.15) is 11.2 Å². The van der Waals surface area contributed by atoms with Gasteiger partial charge in [-0.3, -0.25) is 0 Å². The molecule has 0 saturated heterocycles. The molecule has 4 aromatic heterocycles. The Hall–Kier alpha value is -8.28. The van der Waals surface area contributed by atoms with Crippen molar-refractivity contribution in [2.24, 2.45) is 0 Å². The van der Waals surface area contributed by atoms with Gasteiger partial charge in [-0.15, -0.1) is 0 Å². The van der Waals surface area contributed by atoms with E-state index in [-0.39, 0.29) is 0 Å². The van der Waals surface area contributed by atoms with Gasteiger partial charge in [0.05, 0.1) is 38.7 Å². The normalized spacial score (nSPS) is 11.9. The lowest BCUT2D eigenvalue weighted by Crippen LogP contribution is -1.99. The third-order valence-electron chi connectivity index (χ3n) is 12.3. The molecule has 13 aromatic rings. The van der Waals surface area contributed by atoms with Crippen LogP contribution in [0.1, 0.15) is 0 Å². The SMILES string of the molecule is c1ccc(-c2ccc(-n3c4ccc5c6ccccc6oc5c4c4ccc5c6ccccc6n(-c6ccc(-c7nc(-c8ccccc8)c8ccccc8n7)cc6)c5c43)cc2)cc1. The molecule has 5 nitrogen and oxygen atoms in total. The Kier molecular flexibility index (Phi) is 7.24. The van der Waals surface area contributed by atoms with Crippen LogP contribution >= 0.6 is 0 Å². The standard InChI is InChI=1S/C56H34N4O/c1-3-13-35(14-4-1)36-23-27-40(28-24-36)60-49-34-33-44-42-18-9-12-22-50(42)61-55(44)51(49)46-32-31-43-41-17-8-11-21-48(41)59(53(43)54(46)60)39-29-25-38(26-30-39)56-57-47-20-10-7-19-45(47)52(58-56)37-15-5-2-6-16-37/h1-34H. The van der Waals surface area contributed by atoms with Gasteiger partial charge in [-0.1, -0.05) is 140 Å². The molecule has 0 aliphatic rings. The number of fused-ring (bicyclic) bond motifs is 12. The third kappa shape index (κ3) is 5.08. The molecule has 4 heterocycles. The Morgan fingerprint density at radius 2 is 0.902 bits per heavy atom. The van der Waals surface area contributed by atoms with E-state index in [0.29, 0.717) is 5.82 Å². The average molecular weight is 779 g/mol. The van der Waals surface area contributed by atoms with E-state index in [1.54, 1.807) is 0 Å². The van der Waals surface area contributed by atoms with E-state index in [1.165, 1.54) is 21.9 Å². The number of aromatic nitrogens is 4. The number of furan rings is 1. The fourth-order valence-electron chi connectivity index (χ4n) is 9.57. The summed E-state index contributed by atoms with van der Waals surface area (Å²) in [6.07, 6.45) is 0. The van der Waals surface area contributed by atoms with Gasteiger partial charge < -0.3 is 13.6 Å². The van der Waals surface area contributed by atoms with Crippen LogP contribution in [-0.4, -0.2) is 19.1 Å². The number of rotatable bonds is 5. The molecular formula is C56H34N4O. The first kappa shape index (κ1) is 33.7. The van der Waals surface area contributed by atoms with Crippen LogP contribution in [0.15, 0.2) is 211 Å². The third-order valence-corrected chi connectivity index (χ3v) is 12.3. The molecule has 0 aliphatic carbocycles. The number of benzene rings is 9. The number of hydrogen-bond acceptors (Lipinski definition) is 3. The van der Waals surface area contributed by atoms with Crippen molar-refractivity contribution >= 4 is 76.5 Å². The molecule has 13 rings (SSSR count). The van der Waals surface area contributed by atoms with Gasteiger partial charge in [-0.05, 0) is 77.9 Å². The zero-order chi connectivity index (χ0) is 40.0. The van der Waals surface area contributed by atoms with Crippen molar-refractivity contribution in [1.82, 2.24) is 19.1 Å². The second kappa shape index (κ2) is 13.1. The van der Waals surface area contributed by atoms with Gasteiger partial charge in [0.25, 0.3) is 0 Å². The Labute approximate surface area is 350 Å². The molecule has 0 saturated carbocycles. The molecule has 0 radical (unpaired) electrons. The van der Waals surface area contributed by atoms with Crippen molar-refractivity contribution in [2.45, 2.75) is 0 Å². The van der Waals surface area contributed by atoms with Gasteiger partial charge in [0.2, 0.25) is 0 Å². The van der Waals surface area contributed by atoms with Crippen molar-refractivity contribution in [1.29, 1.82) is 0 Å². The van der Waals surface area contributed by atoms with Crippen LogP contribution < -0.4 is 0 Å². The van der Waals surface area contributed by atoms with Gasteiger partial charge in [-0.2, -0.15) is 0 Å². The largest absolute Gasteiger partial charge is 0.455 e. The number of nitrogens with zero attached hydrogens (tertiary/aromatic N) is 4. The van der Waals surface area contributed by atoms with Crippen LogP contribution in [0.4, 0.5) is 0 Å². The molecule has 61 heavy (non-hydrogen) atoms. The summed E-state index contributed by atoms with van der Waals surface area (Å²) in [5.74, 6) is 0.697. The Balaban J connectivity index is 1.08. The average Bonchev–Trinajstić information content (AvgIpc) is 4.00. The lowest BCUT2D eigenvalue weighted by molar-refractivity contribution is 0.673. The maximum atomic E-state index is 6.77. The molecule has 0 fully saturated rings. The van der Waals surface area contributed by atoms with Crippen molar-refractivity contribution < 1.29 is 4.42 Å². The van der Waals surface area contributed by atoms with E-state index in [4.69, 9.17) is 14.4 Å².